The van der Waals surface area contributed by atoms with E-state index in [1.165, 1.54) is 0 Å². The van der Waals surface area contributed by atoms with E-state index in [0.29, 0.717) is 23.7 Å². The molecule has 0 unspecified atom stereocenters. The van der Waals surface area contributed by atoms with Crippen molar-refractivity contribution in [2.24, 2.45) is 7.05 Å². The normalized spacial score (nSPS) is 10.4. The number of anilines is 1. The van der Waals surface area contributed by atoms with E-state index in [1.807, 2.05) is 37.3 Å². The fourth-order valence-electron chi connectivity index (χ4n) is 2.18. The average Bonchev–Trinajstić information content (AvgIpc) is 2.94. The van der Waals surface area contributed by atoms with Crippen molar-refractivity contribution in [3.05, 3.63) is 71.8 Å². The molecular formula is C18H18N4O2. The summed E-state index contributed by atoms with van der Waals surface area (Å²) < 4.78 is 7.40. The van der Waals surface area contributed by atoms with Crippen LogP contribution in [0.3, 0.4) is 0 Å². The molecule has 2 heterocycles. The van der Waals surface area contributed by atoms with Crippen LogP contribution in [0.1, 0.15) is 21.7 Å². The second-order valence-corrected chi connectivity index (χ2v) is 5.43. The Morgan fingerprint density at radius 2 is 2.12 bits per heavy atom. The molecule has 0 bridgehead atoms. The molecule has 6 heteroatoms. The molecule has 0 atom stereocenters. The number of ether oxygens (including phenoxy) is 1. The Hall–Kier alpha value is -3.15. The van der Waals surface area contributed by atoms with Crippen LogP contribution < -0.4 is 10.1 Å². The largest absolute Gasteiger partial charge is 0.489 e. The van der Waals surface area contributed by atoms with E-state index in [4.69, 9.17) is 4.74 Å². The van der Waals surface area contributed by atoms with Crippen LogP contribution in [0.2, 0.25) is 0 Å². The minimum atomic E-state index is -0.247. The van der Waals surface area contributed by atoms with Crippen molar-refractivity contribution in [3.63, 3.8) is 0 Å². The Morgan fingerprint density at radius 3 is 2.83 bits per heavy atom. The SMILES string of the molecule is Cc1cc(C(=O)Nc2cccc(OCc3cccnc3)c2)nn1C. The number of amides is 1. The van der Waals surface area contributed by atoms with Gasteiger partial charge in [0.2, 0.25) is 0 Å². The highest BCUT2D eigenvalue weighted by Gasteiger charge is 2.11. The molecule has 0 spiro atoms. The van der Waals surface area contributed by atoms with E-state index in [-0.39, 0.29) is 5.91 Å². The molecule has 1 aromatic carbocycles. The van der Waals surface area contributed by atoms with Crippen LogP contribution in [0.25, 0.3) is 0 Å². The Labute approximate surface area is 140 Å². The number of carbonyl (C=O) groups is 1. The number of nitrogens with one attached hydrogen (secondary N) is 1. The minimum absolute atomic E-state index is 0.247. The van der Waals surface area contributed by atoms with Crippen LogP contribution in [0, 0.1) is 6.92 Å². The zero-order chi connectivity index (χ0) is 16.9. The van der Waals surface area contributed by atoms with Gasteiger partial charge in [0, 0.05) is 42.5 Å². The molecule has 0 aliphatic rings. The molecule has 3 aromatic rings. The average molecular weight is 322 g/mol. The number of hydrogen-bond donors (Lipinski definition) is 1. The fraction of sp³-hybridized carbons (Fsp3) is 0.167. The van der Waals surface area contributed by atoms with Crippen LogP contribution >= 0.6 is 0 Å². The molecule has 1 amide bonds. The second-order valence-electron chi connectivity index (χ2n) is 5.43. The maximum Gasteiger partial charge on any atom is 0.276 e. The van der Waals surface area contributed by atoms with Crippen molar-refractivity contribution in [2.45, 2.75) is 13.5 Å². The summed E-state index contributed by atoms with van der Waals surface area (Å²) in [5.41, 5.74) is 2.95. The lowest BCUT2D eigenvalue weighted by Gasteiger charge is -2.08. The molecule has 0 radical (unpaired) electrons. The number of benzene rings is 1. The first-order chi connectivity index (χ1) is 11.6. The molecule has 2 aromatic heterocycles. The smallest absolute Gasteiger partial charge is 0.276 e. The number of aryl methyl sites for hydroxylation is 2. The first kappa shape index (κ1) is 15.7. The van der Waals surface area contributed by atoms with Crippen molar-refractivity contribution in [1.29, 1.82) is 0 Å². The Bertz CT molecular complexity index is 824. The number of carbonyl (C=O) groups excluding carboxylic acids is 1. The van der Waals surface area contributed by atoms with Gasteiger partial charge in [-0.05, 0) is 31.2 Å². The maximum atomic E-state index is 12.2. The third kappa shape index (κ3) is 3.78. The Balaban J connectivity index is 1.65. The monoisotopic (exact) mass is 322 g/mol. The summed E-state index contributed by atoms with van der Waals surface area (Å²) in [7, 11) is 1.80. The molecule has 0 aliphatic carbocycles. The molecule has 0 aliphatic heterocycles. The van der Waals surface area contributed by atoms with Gasteiger partial charge in [0.25, 0.3) is 5.91 Å². The highest BCUT2D eigenvalue weighted by atomic mass is 16.5. The van der Waals surface area contributed by atoms with Gasteiger partial charge < -0.3 is 10.1 Å². The van der Waals surface area contributed by atoms with Crippen molar-refractivity contribution in [1.82, 2.24) is 14.8 Å². The van der Waals surface area contributed by atoms with Crippen molar-refractivity contribution >= 4 is 11.6 Å². The van der Waals surface area contributed by atoms with Crippen LogP contribution in [0.5, 0.6) is 5.75 Å². The van der Waals surface area contributed by atoms with Crippen LogP contribution in [-0.2, 0) is 13.7 Å². The third-order valence-corrected chi connectivity index (χ3v) is 3.57. The van der Waals surface area contributed by atoms with Crippen LogP contribution in [-0.4, -0.2) is 20.7 Å². The lowest BCUT2D eigenvalue weighted by atomic mass is 10.2. The van der Waals surface area contributed by atoms with Gasteiger partial charge in [-0.1, -0.05) is 12.1 Å². The molecule has 0 fully saturated rings. The summed E-state index contributed by atoms with van der Waals surface area (Å²) in [5.74, 6) is 0.428. The van der Waals surface area contributed by atoms with Gasteiger partial charge in [0.05, 0.1) is 0 Å². The molecule has 122 valence electrons. The second kappa shape index (κ2) is 6.95. The third-order valence-electron chi connectivity index (χ3n) is 3.57. The first-order valence-electron chi connectivity index (χ1n) is 7.55. The van der Waals surface area contributed by atoms with Gasteiger partial charge in [0.15, 0.2) is 5.69 Å². The fourth-order valence-corrected chi connectivity index (χ4v) is 2.18. The quantitative estimate of drug-likeness (QED) is 0.784. The number of hydrogen-bond acceptors (Lipinski definition) is 4. The summed E-state index contributed by atoms with van der Waals surface area (Å²) in [6, 6.07) is 12.8. The summed E-state index contributed by atoms with van der Waals surface area (Å²) in [4.78, 5) is 16.3. The number of rotatable bonds is 5. The predicted molar refractivity (Wildman–Crippen MR) is 90.9 cm³/mol. The van der Waals surface area contributed by atoms with Crippen molar-refractivity contribution in [3.8, 4) is 5.75 Å². The number of aromatic nitrogens is 3. The van der Waals surface area contributed by atoms with Gasteiger partial charge in [0.1, 0.15) is 12.4 Å². The van der Waals surface area contributed by atoms with E-state index >= 15 is 0 Å². The maximum absolute atomic E-state index is 12.2. The Kier molecular flexibility index (Phi) is 4.56. The molecule has 0 saturated carbocycles. The lowest BCUT2D eigenvalue weighted by molar-refractivity contribution is 0.102. The molecule has 3 rings (SSSR count). The highest BCUT2D eigenvalue weighted by Crippen LogP contribution is 2.19. The highest BCUT2D eigenvalue weighted by molar-refractivity contribution is 6.03. The first-order valence-corrected chi connectivity index (χ1v) is 7.55. The minimum Gasteiger partial charge on any atom is -0.489 e. The molecular weight excluding hydrogens is 304 g/mol. The molecule has 1 N–H and O–H groups in total. The summed E-state index contributed by atoms with van der Waals surface area (Å²) >= 11 is 0. The van der Waals surface area contributed by atoms with E-state index in [2.05, 4.69) is 15.4 Å². The van der Waals surface area contributed by atoms with E-state index in [9.17, 15) is 4.79 Å². The van der Waals surface area contributed by atoms with E-state index in [1.54, 1.807) is 36.3 Å². The zero-order valence-corrected chi connectivity index (χ0v) is 13.6. The van der Waals surface area contributed by atoms with Gasteiger partial charge in [-0.3, -0.25) is 14.5 Å². The molecule has 6 nitrogen and oxygen atoms in total. The predicted octanol–water partition coefficient (Wildman–Crippen LogP) is 2.95. The Morgan fingerprint density at radius 1 is 1.25 bits per heavy atom. The van der Waals surface area contributed by atoms with E-state index in [0.717, 1.165) is 11.3 Å². The van der Waals surface area contributed by atoms with E-state index < -0.39 is 0 Å². The molecule has 0 saturated heterocycles. The van der Waals surface area contributed by atoms with Gasteiger partial charge in [-0.2, -0.15) is 5.10 Å². The van der Waals surface area contributed by atoms with Gasteiger partial charge in [-0.25, -0.2) is 0 Å². The molecule has 24 heavy (non-hydrogen) atoms. The van der Waals surface area contributed by atoms with Gasteiger partial charge >= 0.3 is 0 Å². The van der Waals surface area contributed by atoms with Crippen molar-refractivity contribution < 1.29 is 9.53 Å². The zero-order valence-electron chi connectivity index (χ0n) is 13.6. The van der Waals surface area contributed by atoms with Crippen LogP contribution in [0.4, 0.5) is 5.69 Å². The lowest BCUT2D eigenvalue weighted by Crippen LogP contribution is -2.13. The summed E-state index contributed by atoms with van der Waals surface area (Å²) in [5, 5.41) is 7.00. The summed E-state index contributed by atoms with van der Waals surface area (Å²) in [6.45, 7) is 2.32. The topological polar surface area (TPSA) is 69.0 Å². The van der Waals surface area contributed by atoms with Crippen molar-refractivity contribution in [2.75, 3.05) is 5.32 Å². The van der Waals surface area contributed by atoms with Crippen LogP contribution in [0.15, 0.2) is 54.9 Å². The standard InChI is InChI=1S/C18H18N4O2/c1-13-9-17(21-22(13)2)18(23)20-15-6-3-7-16(10-15)24-12-14-5-4-8-19-11-14/h3-11H,12H2,1-2H3,(H,20,23). The number of nitrogens with zero attached hydrogens (tertiary/aromatic N) is 3. The van der Waals surface area contributed by atoms with Gasteiger partial charge in [-0.15, -0.1) is 0 Å². The number of pyridine rings is 1. The summed E-state index contributed by atoms with van der Waals surface area (Å²) in [6.07, 6.45) is 3.48.